The average molecular weight is 372 g/mol. The monoisotopic (exact) mass is 370 g/mol. The van der Waals surface area contributed by atoms with Crippen LogP contribution in [0.4, 0.5) is 4.39 Å². The number of halogens is 3. The molecule has 1 atom stereocenters. The minimum absolute atomic E-state index is 0.231. The molecule has 4 heteroatoms. The van der Waals surface area contributed by atoms with E-state index in [1.165, 1.54) is 11.6 Å². The molecule has 0 aliphatic carbocycles. The lowest BCUT2D eigenvalue weighted by molar-refractivity contribution is 0.414. The summed E-state index contributed by atoms with van der Waals surface area (Å²) < 4.78 is 19.2. The first-order chi connectivity index (χ1) is 10.1. The van der Waals surface area contributed by atoms with Crippen LogP contribution in [0.2, 0.25) is 0 Å². The van der Waals surface area contributed by atoms with Gasteiger partial charge in [0.15, 0.2) is 0 Å². The fourth-order valence-electron chi connectivity index (χ4n) is 2.29. The summed E-state index contributed by atoms with van der Waals surface area (Å²) in [6.45, 7) is 0. The maximum absolute atomic E-state index is 13.6. The summed E-state index contributed by atoms with van der Waals surface area (Å²) in [5.74, 6) is 1.41. The van der Waals surface area contributed by atoms with Gasteiger partial charge in [0.25, 0.3) is 0 Å². The summed E-state index contributed by atoms with van der Waals surface area (Å²) in [6, 6.07) is 13.1. The van der Waals surface area contributed by atoms with Crippen LogP contribution in [0.3, 0.4) is 0 Å². The first-order valence-electron chi connectivity index (χ1n) is 6.75. The van der Waals surface area contributed by atoms with Gasteiger partial charge in [-0.25, -0.2) is 4.39 Å². The smallest absolute Gasteiger partial charge is 0.137 e. The van der Waals surface area contributed by atoms with Crippen molar-refractivity contribution in [2.75, 3.05) is 13.0 Å². The Morgan fingerprint density at radius 2 is 1.86 bits per heavy atom. The van der Waals surface area contributed by atoms with Crippen molar-refractivity contribution in [2.24, 2.45) is 5.92 Å². The predicted molar refractivity (Wildman–Crippen MR) is 88.7 cm³/mol. The highest BCUT2D eigenvalue weighted by Crippen LogP contribution is 2.25. The van der Waals surface area contributed by atoms with Gasteiger partial charge in [0.05, 0.1) is 11.6 Å². The van der Waals surface area contributed by atoms with Gasteiger partial charge in [0.1, 0.15) is 11.6 Å². The molecule has 0 fully saturated rings. The summed E-state index contributed by atoms with van der Waals surface area (Å²) in [5, 5.41) is 0. The number of hydrogen-bond donors (Lipinski definition) is 0. The van der Waals surface area contributed by atoms with Crippen LogP contribution in [-0.4, -0.2) is 13.0 Å². The average Bonchev–Trinajstić information content (AvgIpc) is 2.51. The lowest BCUT2D eigenvalue weighted by Gasteiger charge is -2.15. The molecule has 1 nitrogen and oxygen atoms in total. The van der Waals surface area contributed by atoms with E-state index in [0.29, 0.717) is 10.4 Å². The highest BCUT2D eigenvalue weighted by atomic mass is 79.9. The normalized spacial score (nSPS) is 12.2. The quantitative estimate of drug-likeness (QED) is 0.631. The lowest BCUT2D eigenvalue weighted by Crippen LogP contribution is -2.11. The fourth-order valence-corrected chi connectivity index (χ4v) is 2.94. The number of hydrogen-bond acceptors (Lipinski definition) is 1. The van der Waals surface area contributed by atoms with E-state index in [-0.39, 0.29) is 11.7 Å². The van der Waals surface area contributed by atoms with Crippen LogP contribution in [0.1, 0.15) is 11.1 Å². The summed E-state index contributed by atoms with van der Waals surface area (Å²) in [6.07, 6.45) is 1.60. The van der Waals surface area contributed by atoms with Crippen molar-refractivity contribution in [3.8, 4) is 5.75 Å². The zero-order valence-corrected chi connectivity index (χ0v) is 14.1. The predicted octanol–water partition coefficient (Wildman–Crippen LogP) is 5.24. The van der Waals surface area contributed by atoms with Crippen LogP contribution < -0.4 is 4.74 Å². The summed E-state index contributed by atoms with van der Waals surface area (Å²) in [4.78, 5) is 0. The number of alkyl halides is 1. The molecule has 112 valence electrons. The molecule has 0 aromatic heterocycles. The van der Waals surface area contributed by atoms with Crippen molar-refractivity contribution >= 4 is 27.5 Å². The topological polar surface area (TPSA) is 9.23 Å². The minimum Gasteiger partial charge on any atom is -0.497 e. The molecule has 2 rings (SSSR count). The molecule has 0 heterocycles. The summed E-state index contributed by atoms with van der Waals surface area (Å²) in [7, 11) is 1.65. The van der Waals surface area contributed by atoms with Crippen LogP contribution in [-0.2, 0) is 12.8 Å². The molecular weight excluding hydrogens is 355 g/mol. The van der Waals surface area contributed by atoms with E-state index in [0.717, 1.165) is 24.2 Å². The van der Waals surface area contributed by atoms with Crippen LogP contribution in [0, 0.1) is 11.7 Å². The SMILES string of the molecule is COc1ccc(CC(CCl)Cc2cccc(F)c2Br)cc1. The Bertz CT molecular complexity index is 586. The summed E-state index contributed by atoms with van der Waals surface area (Å²) >= 11 is 9.39. The molecule has 0 aliphatic heterocycles. The Morgan fingerprint density at radius 3 is 2.48 bits per heavy atom. The van der Waals surface area contributed by atoms with Crippen molar-refractivity contribution in [2.45, 2.75) is 12.8 Å². The van der Waals surface area contributed by atoms with Gasteiger partial charge in [0.2, 0.25) is 0 Å². The second kappa shape index (κ2) is 7.81. The second-order valence-electron chi connectivity index (χ2n) is 4.99. The van der Waals surface area contributed by atoms with Crippen LogP contribution >= 0.6 is 27.5 Å². The van der Waals surface area contributed by atoms with E-state index in [1.807, 2.05) is 30.3 Å². The zero-order valence-electron chi connectivity index (χ0n) is 11.8. The van der Waals surface area contributed by atoms with Gasteiger partial charge in [0, 0.05) is 5.88 Å². The maximum atomic E-state index is 13.6. The number of benzene rings is 2. The van der Waals surface area contributed by atoms with Gasteiger partial charge in [-0.2, -0.15) is 0 Å². The standard InChI is InChI=1S/C17H17BrClFO/c1-21-15-7-5-12(6-8-15)9-13(11-19)10-14-3-2-4-16(20)17(14)18/h2-8,13H,9-11H2,1H3. The lowest BCUT2D eigenvalue weighted by atomic mass is 9.94. The maximum Gasteiger partial charge on any atom is 0.137 e. The first kappa shape index (κ1) is 16.3. The van der Waals surface area contributed by atoms with Gasteiger partial charge in [-0.3, -0.25) is 0 Å². The van der Waals surface area contributed by atoms with Crippen LogP contribution in [0.5, 0.6) is 5.75 Å². The highest BCUT2D eigenvalue weighted by molar-refractivity contribution is 9.10. The molecule has 2 aromatic carbocycles. The molecule has 2 aromatic rings. The van der Waals surface area contributed by atoms with Crippen molar-refractivity contribution < 1.29 is 9.13 Å². The Hall–Kier alpha value is -1.06. The summed E-state index contributed by atoms with van der Waals surface area (Å²) in [5.41, 5.74) is 2.16. The van der Waals surface area contributed by atoms with Gasteiger partial charge in [-0.15, -0.1) is 11.6 Å². The van der Waals surface area contributed by atoms with E-state index in [1.54, 1.807) is 13.2 Å². The Morgan fingerprint density at radius 1 is 1.14 bits per heavy atom. The molecule has 0 bridgehead atoms. The van der Waals surface area contributed by atoms with Gasteiger partial charge >= 0.3 is 0 Å². The van der Waals surface area contributed by atoms with E-state index in [2.05, 4.69) is 15.9 Å². The van der Waals surface area contributed by atoms with Gasteiger partial charge in [-0.05, 0) is 64.0 Å². The first-order valence-corrected chi connectivity index (χ1v) is 8.08. The van der Waals surface area contributed by atoms with Crippen molar-refractivity contribution in [3.05, 3.63) is 63.9 Å². The third-order valence-electron chi connectivity index (χ3n) is 3.44. The highest BCUT2D eigenvalue weighted by Gasteiger charge is 2.13. The molecule has 0 N–H and O–H groups in total. The Kier molecular flexibility index (Phi) is 6.07. The third kappa shape index (κ3) is 4.45. The fraction of sp³-hybridized carbons (Fsp3) is 0.294. The molecule has 0 saturated carbocycles. The van der Waals surface area contributed by atoms with E-state index in [9.17, 15) is 4.39 Å². The number of methoxy groups -OCH3 is 1. The number of rotatable bonds is 6. The van der Waals surface area contributed by atoms with Crippen molar-refractivity contribution in [1.82, 2.24) is 0 Å². The number of ether oxygens (including phenoxy) is 1. The van der Waals surface area contributed by atoms with Gasteiger partial charge in [-0.1, -0.05) is 24.3 Å². The molecular formula is C17H17BrClFO. The molecule has 0 saturated heterocycles. The van der Waals surface area contributed by atoms with E-state index in [4.69, 9.17) is 16.3 Å². The van der Waals surface area contributed by atoms with Crippen LogP contribution in [0.15, 0.2) is 46.9 Å². The zero-order chi connectivity index (χ0) is 15.2. The minimum atomic E-state index is -0.231. The van der Waals surface area contributed by atoms with Gasteiger partial charge < -0.3 is 4.74 Å². The van der Waals surface area contributed by atoms with Crippen LogP contribution in [0.25, 0.3) is 0 Å². The van der Waals surface area contributed by atoms with E-state index < -0.39 is 0 Å². The largest absolute Gasteiger partial charge is 0.497 e. The molecule has 1 unspecified atom stereocenters. The molecule has 21 heavy (non-hydrogen) atoms. The van der Waals surface area contributed by atoms with Crippen molar-refractivity contribution in [1.29, 1.82) is 0 Å². The molecule has 0 radical (unpaired) electrons. The second-order valence-corrected chi connectivity index (χ2v) is 6.09. The third-order valence-corrected chi connectivity index (χ3v) is 4.77. The Balaban J connectivity index is 2.07. The Labute approximate surface area is 138 Å². The van der Waals surface area contributed by atoms with Crippen molar-refractivity contribution in [3.63, 3.8) is 0 Å². The molecule has 0 spiro atoms. The van der Waals surface area contributed by atoms with E-state index >= 15 is 0 Å². The molecule has 0 aliphatic rings. The molecule has 0 amide bonds.